The van der Waals surface area contributed by atoms with Crippen LogP contribution in [0.3, 0.4) is 0 Å². The first-order chi connectivity index (χ1) is 9.69. The van der Waals surface area contributed by atoms with Crippen LogP contribution in [0.5, 0.6) is 0 Å². The molecule has 1 aliphatic rings. The maximum absolute atomic E-state index is 5.08. The molecule has 1 aromatic heterocycles. The lowest BCUT2D eigenvalue weighted by Gasteiger charge is -2.24. The van der Waals surface area contributed by atoms with Crippen LogP contribution in [0.2, 0.25) is 0 Å². The minimum atomic E-state index is 0.695. The van der Waals surface area contributed by atoms with Gasteiger partial charge in [-0.05, 0) is 49.8 Å². The average molecular weight is 277 g/mol. The van der Waals surface area contributed by atoms with E-state index in [1.54, 1.807) is 7.11 Å². The third-order valence-electron chi connectivity index (χ3n) is 3.82. The Morgan fingerprint density at radius 2 is 2.30 bits per heavy atom. The van der Waals surface area contributed by atoms with Crippen LogP contribution < -0.4 is 5.32 Å². The third-order valence-corrected chi connectivity index (χ3v) is 3.82. The molecule has 1 aromatic rings. The molecule has 0 aromatic carbocycles. The second kappa shape index (κ2) is 7.70. The van der Waals surface area contributed by atoms with Crippen molar-refractivity contribution in [3.8, 4) is 0 Å². The van der Waals surface area contributed by atoms with Crippen LogP contribution in [0, 0.1) is 11.8 Å². The smallest absolute Gasteiger partial charge is 0.130 e. The Balaban J connectivity index is 1.87. The van der Waals surface area contributed by atoms with Gasteiger partial charge >= 0.3 is 0 Å². The van der Waals surface area contributed by atoms with Crippen molar-refractivity contribution in [1.29, 1.82) is 0 Å². The number of hydrogen-bond acceptors (Lipinski definition) is 4. The number of nitrogens with zero attached hydrogens (tertiary/aromatic N) is 2. The molecule has 0 fully saturated rings. The van der Waals surface area contributed by atoms with Crippen molar-refractivity contribution in [3.05, 3.63) is 23.3 Å². The van der Waals surface area contributed by atoms with E-state index in [-0.39, 0.29) is 0 Å². The quantitative estimate of drug-likeness (QED) is 0.828. The number of rotatable bonds is 7. The van der Waals surface area contributed by atoms with Gasteiger partial charge in [-0.2, -0.15) is 0 Å². The van der Waals surface area contributed by atoms with Gasteiger partial charge in [0, 0.05) is 25.4 Å². The van der Waals surface area contributed by atoms with Gasteiger partial charge in [0.15, 0.2) is 0 Å². The van der Waals surface area contributed by atoms with Crippen molar-refractivity contribution in [2.75, 3.05) is 26.8 Å². The first kappa shape index (κ1) is 15.4. The summed E-state index contributed by atoms with van der Waals surface area (Å²) in [6.07, 6.45) is 6.28. The van der Waals surface area contributed by atoms with Gasteiger partial charge in [0.1, 0.15) is 5.82 Å². The Bertz CT molecular complexity index is 420. The van der Waals surface area contributed by atoms with Gasteiger partial charge < -0.3 is 10.1 Å². The first-order valence-corrected chi connectivity index (χ1v) is 7.72. The van der Waals surface area contributed by atoms with Gasteiger partial charge in [-0.3, -0.25) is 0 Å². The van der Waals surface area contributed by atoms with E-state index in [4.69, 9.17) is 4.74 Å². The molecule has 2 rings (SSSR count). The summed E-state index contributed by atoms with van der Waals surface area (Å²) in [5.41, 5.74) is 2.60. The van der Waals surface area contributed by atoms with E-state index < -0.39 is 0 Å². The second-order valence-electron chi connectivity index (χ2n) is 6.16. The Labute approximate surface area is 122 Å². The molecule has 20 heavy (non-hydrogen) atoms. The molecular formula is C16H27N3O. The lowest BCUT2D eigenvalue weighted by molar-refractivity contribution is 0.200. The van der Waals surface area contributed by atoms with Gasteiger partial charge in [0.2, 0.25) is 0 Å². The first-order valence-electron chi connectivity index (χ1n) is 7.72. The molecule has 4 heteroatoms. The summed E-state index contributed by atoms with van der Waals surface area (Å²) in [4.78, 5) is 9.14. The number of methoxy groups -OCH3 is 1. The number of fused-ring (bicyclic) bond motifs is 1. The van der Waals surface area contributed by atoms with Gasteiger partial charge in [-0.25, -0.2) is 9.97 Å². The van der Waals surface area contributed by atoms with Crippen molar-refractivity contribution in [2.45, 2.75) is 39.5 Å². The van der Waals surface area contributed by atoms with Gasteiger partial charge in [-0.15, -0.1) is 0 Å². The predicted molar refractivity (Wildman–Crippen MR) is 80.8 cm³/mol. The fourth-order valence-electron chi connectivity index (χ4n) is 2.69. The Hall–Kier alpha value is -1.00. The summed E-state index contributed by atoms with van der Waals surface area (Å²) in [7, 11) is 1.72. The highest BCUT2D eigenvalue weighted by molar-refractivity contribution is 5.21. The minimum absolute atomic E-state index is 0.695. The number of ether oxygens (including phenoxy) is 1. The van der Waals surface area contributed by atoms with E-state index in [1.165, 1.54) is 17.7 Å². The fourth-order valence-corrected chi connectivity index (χ4v) is 2.69. The molecule has 1 unspecified atom stereocenters. The highest BCUT2D eigenvalue weighted by Gasteiger charge is 2.20. The van der Waals surface area contributed by atoms with Gasteiger partial charge in [-0.1, -0.05) is 13.8 Å². The van der Waals surface area contributed by atoms with Gasteiger partial charge in [0.05, 0.1) is 6.61 Å². The van der Waals surface area contributed by atoms with Crippen LogP contribution >= 0.6 is 0 Å². The van der Waals surface area contributed by atoms with Crippen LogP contribution in [0.25, 0.3) is 0 Å². The van der Waals surface area contributed by atoms with E-state index >= 15 is 0 Å². The number of aryl methyl sites for hydroxylation is 1. The van der Waals surface area contributed by atoms with Crippen molar-refractivity contribution in [2.24, 2.45) is 11.8 Å². The Morgan fingerprint density at radius 3 is 3.05 bits per heavy atom. The van der Waals surface area contributed by atoms with E-state index in [9.17, 15) is 0 Å². The van der Waals surface area contributed by atoms with Crippen molar-refractivity contribution >= 4 is 0 Å². The summed E-state index contributed by atoms with van der Waals surface area (Å²) in [5.74, 6) is 2.37. The molecule has 0 amide bonds. The molecule has 1 heterocycles. The molecule has 0 radical (unpaired) electrons. The normalized spacial score (nSPS) is 18.3. The Kier molecular flexibility index (Phi) is 5.92. The average Bonchev–Trinajstić information content (AvgIpc) is 2.44. The van der Waals surface area contributed by atoms with Gasteiger partial charge in [0.25, 0.3) is 0 Å². The topological polar surface area (TPSA) is 47.0 Å². The molecule has 1 aliphatic carbocycles. The zero-order chi connectivity index (χ0) is 14.4. The second-order valence-corrected chi connectivity index (χ2v) is 6.16. The predicted octanol–water partition coefficient (Wildman–Crippen LogP) is 2.02. The number of hydrogen-bond donors (Lipinski definition) is 1. The fraction of sp³-hybridized carbons (Fsp3) is 0.750. The van der Waals surface area contributed by atoms with Crippen LogP contribution in [0.4, 0.5) is 0 Å². The third kappa shape index (κ3) is 4.53. The standard InChI is InChI=1S/C16H27N3O/c1-12(2)9-17-10-13-4-5-15-14(8-13)11-18-16(19-15)6-7-20-3/h11-13,17H,4-10H2,1-3H3. The number of aromatic nitrogens is 2. The highest BCUT2D eigenvalue weighted by Crippen LogP contribution is 2.23. The summed E-state index contributed by atoms with van der Waals surface area (Å²) >= 11 is 0. The van der Waals surface area contributed by atoms with E-state index in [0.717, 1.165) is 50.0 Å². The maximum Gasteiger partial charge on any atom is 0.130 e. The van der Waals surface area contributed by atoms with Crippen LogP contribution in [0.15, 0.2) is 6.20 Å². The summed E-state index contributed by atoms with van der Waals surface area (Å²) in [5, 5.41) is 3.57. The Morgan fingerprint density at radius 1 is 1.45 bits per heavy atom. The van der Waals surface area contributed by atoms with Crippen LogP contribution in [0.1, 0.15) is 37.4 Å². The molecule has 0 spiro atoms. The molecule has 0 saturated heterocycles. The molecule has 1 atom stereocenters. The zero-order valence-electron chi connectivity index (χ0n) is 13.0. The molecule has 0 aliphatic heterocycles. The zero-order valence-corrected chi connectivity index (χ0v) is 13.0. The lowest BCUT2D eigenvalue weighted by Crippen LogP contribution is -2.30. The molecule has 112 valence electrons. The largest absolute Gasteiger partial charge is 0.384 e. The van der Waals surface area contributed by atoms with E-state index in [0.29, 0.717) is 6.61 Å². The van der Waals surface area contributed by atoms with Crippen molar-refractivity contribution < 1.29 is 4.74 Å². The molecule has 4 nitrogen and oxygen atoms in total. The summed E-state index contributed by atoms with van der Waals surface area (Å²) < 4.78 is 5.08. The molecular weight excluding hydrogens is 250 g/mol. The lowest BCUT2D eigenvalue weighted by atomic mass is 9.87. The van der Waals surface area contributed by atoms with Crippen LogP contribution in [-0.2, 0) is 24.0 Å². The maximum atomic E-state index is 5.08. The van der Waals surface area contributed by atoms with E-state index in [2.05, 4.69) is 29.1 Å². The van der Waals surface area contributed by atoms with E-state index in [1.807, 2.05) is 6.20 Å². The number of nitrogens with one attached hydrogen (secondary N) is 1. The summed E-state index contributed by atoms with van der Waals surface area (Å²) in [6, 6.07) is 0. The highest BCUT2D eigenvalue weighted by atomic mass is 16.5. The van der Waals surface area contributed by atoms with Crippen LogP contribution in [-0.4, -0.2) is 36.8 Å². The monoisotopic (exact) mass is 277 g/mol. The minimum Gasteiger partial charge on any atom is -0.384 e. The SMILES string of the molecule is COCCc1ncc2c(n1)CCC(CNCC(C)C)C2. The van der Waals surface area contributed by atoms with Crippen molar-refractivity contribution in [3.63, 3.8) is 0 Å². The molecule has 0 bridgehead atoms. The molecule has 0 saturated carbocycles. The molecule has 1 N–H and O–H groups in total. The van der Waals surface area contributed by atoms with Crippen molar-refractivity contribution in [1.82, 2.24) is 15.3 Å². The summed E-state index contributed by atoms with van der Waals surface area (Å²) in [6.45, 7) is 7.41.